The van der Waals surface area contributed by atoms with Crippen LogP contribution in [0.4, 0.5) is 0 Å². The highest BCUT2D eigenvalue weighted by atomic mass is 32.2. The third kappa shape index (κ3) is 3.56. The van der Waals surface area contributed by atoms with Gasteiger partial charge in [0.1, 0.15) is 5.25 Å². The summed E-state index contributed by atoms with van der Waals surface area (Å²) in [6.45, 7) is 9.46. The summed E-state index contributed by atoms with van der Waals surface area (Å²) >= 11 is 1.54. The number of hydrogen-bond acceptors (Lipinski definition) is 6. The SMILES string of the molecule is CCc1nc2n(n1)C(=O)C(C(c1ccc(C(C)C)cc1)N1CCOCC1)S2. The van der Waals surface area contributed by atoms with E-state index in [4.69, 9.17) is 4.74 Å². The number of nitrogens with zero attached hydrogens (tertiary/aromatic N) is 4. The molecule has 2 atom stereocenters. The Bertz CT molecular complexity index is 812. The van der Waals surface area contributed by atoms with E-state index in [1.54, 1.807) is 11.8 Å². The van der Waals surface area contributed by atoms with Gasteiger partial charge in [-0.2, -0.15) is 4.68 Å². The number of aryl methyl sites for hydroxylation is 1. The number of hydrogen-bond donors (Lipinski definition) is 0. The Hall–Kier alpha value is -1.70. The first kappa shape index (κ1) is 18.7. The van der Waals surface area contributed by atoms with Crippen molar-refractivity contribution >= 4 is 17.7 Å². The smallest absolute Gasteiger partial charge is 0.264 e. The highest BCUT2D eigenvalue weighted by molar-refractivity contribution is 8.00. The molecule has 1 fully saturated rings. The van der Waals surface area contributed by atoms with Crippen LogP contribution in [0.1, 0.15) is 54.5 Å². The second-order valence-electron chi connectivity index (χ2n) is 7.37. The zero-order valence-electron chi connectivity index (χ0n) is 16.1. The average Bonchev–Trinajstić information content (AvgIpc) is 3.23. The van der Waals surface area contributed by atoms with Crippen LogP contribution >= 0.6 is 11.8 Å². The molecule has 0 bridgehead atoms. The van der Waals surface area contributed by atoms with Crippen LogP contribution in [0.5, 0.6) is 0 Å². The van der Waals surface area contributed by atoms with Crippen molar-refractivity contribution in [1.29, 1.82) is 0 Å². The van der Waals surface area contributed by atoms with Crippen molar-refractivity contribution in [1.82, 2.24) is 19.7 Å². The van der Waals surface area contributed by atoms with Gasteiger partial charge in [0.15, 0.2) is 11.0 Å². The van der Waals surface area contributed by atoms with Crippen molar-refractivity contribution in [2.24, 2.45) is 0 Å². The van der Waals surface area contributed by atoms with E-state index < -0.39 is 0 Å². The van der Waals surface area contributed by atoms with Gasteiger partial charge in [0.25, 0.3) is 5.91 Å². The lowest BCUT2D eigenvalue weighted by Crippen LogP contribution is -2.44. The number of aromatic nitrogens is 3. The summed E-state index contributed by atoms with van der Waals surface area (Å²) < 4.78 is 7.04. The first-order valence-corrected chi connectivity index (χ1v) is 10.5. The Morgan fingerprint density at radius 2 is 1.85 bits per heavy atom. The maximum atomic E-state index is 13.1. The van der Waals surface area contributed by atoms with Gasteiger partial charge in [0.2, 0.25) is 0 Å². The molecule has 0 spiro atoms. The number of carbonyl (C=O) groups is 1. The molecule has 0 N–H and O–H groups in total. The predicted molar refractivity (Wildman–Crippen MR) is 105 cm³/mol. The molecule has 2 unspecified atom stereocenters. The summed E-state index contributed by atoms with van der Waals surface area (Å²) in [7, 11) is 0. The molecule has 7 heteroatoms. The summed E-state index contributed by atoms with van der Waals surface area (Å²) in [4.78, 5) is 20.0. The Morgan fingerprint density at radius 1 is 1.19 bits per heavy atom. The predicted octanol–water partition coefficient (Wildman–Crippen LogP) is 3.15. The topological polar surface area (TPSA) is 60.2 Å². The van der Waals surface area contributed by atoms with Crippen molar-refractivity contribution in [3.05, 3.63) is 41.2 Å². The fraction of sp³-hybridized carbons (Fsp3) is 0.550. The molecule has 2 aliphatic heterocycles. The number of carbonyl (C=O) groups excluding carboxylic acids is 1. The van der Waals surface area contributed by atoms with E-state index in [1.807, 2.05) is 6.92 Å². The molecule has 2 aromatic rings. The molecule has 0 aliphatic carbocycles. The Kier molecular flexibility index (Phi) is 5.34. The highest BCUT2D eigenvalue weighted by Crippen LogP contribution is 2.41. The van der Waals surface area contributed by atoms with Gasteiger partial charge < -0.3 is 4.74 Å². The lowest BCUT2D eigenvalue weighted by molar-refractivity contribution is 0.0152. The number of benzene rings is 1. The van der Waals surface area contributed by atoms with Crippen molar-refractivity contribution in [3.63, 3.8) is 0 Å². The molecule has 3 heterocycles. The summed E-state index contributed by atoms with van der Waals surface area (Å²) in [5.41, 5.74) is 2.49. The van der Waals surface area contributed by atoms with Gasteiger partial charge in [-0.15, -0.1) is 5.10 Å². The van der Waals surface area contributed by atoms with Gasteiger partial charge in [0, 0.05) is 19.5 Å². The quantitative estimate of drug-likeness (QED) is 0.787. The van der Waals surface area contributed by atoms with Crippen LogP contribution in [0.15, 0.2) is 29.4 Å². The number of thioether (sulfide) groups is 1. The summed E-state index contributed by atoms with van der Waals surface area (Å²) in [5.74, 6) is 1.25. The van der Waals surface area contributed by atoms with Crippen molar-refractivity contribution in [3.8, 4) is 0 Å². The minimum absolute atomic E-state index is 0.00110. The van der Waals surface area contributed by atoms with Crippen LogP contribution in [0.25, 0.3) is 0 Å². The van der Waals surface area contributed by atoms with Gasteiger partial charge in [-0.3, -0.25) is 9.69 Å². The Balaban J connectivity index is 1.66. The van der Waals surface area contributed by atoms with E-state index in [2.05, 4.69) is 53.1 Å². The van der Waals surface area contributed by atoms with Crippen molar-refractivity contribution < 1.29 is 9.53 Å². The molecule has 1 aromatic carbocycles. The molecular weight excluding hydrogens is 360 g/mol. The Morgan fingerprint density at radius 3 is 2.44 bits per heavy atom. The number of ether oxygens (including phenoxy) is 1. The molecule has 27 heavy (non-hydrogen) atoms. The molecule has 0 amide bonds. The third-order valence-corrected chi connectivity index (χ3v) is 6.48. The molecule has 6 nitrogen and oxygen atoms in total. The first-order chi connectivity index (χ1) is 13.1. The zero-order valence-corrected chi connectivity index (χ0v) is 16.9. The van der Waals surface area contributed by atoms with Crippen LogP contribution in [0, 0.1) is 0 Å². The second-order valence-corrected chi connectivity index (χ2v) is 8.48. The largest absolute Gasteiger partial charge is 0.379 e. The lowest BCUT2D eigenvalue weighted by Gasteiger charge is -2.36. The van der Waals surface area contributed by atoms with E-state index in [9.17, 15) is 4.79 Å². The molecule has 1 saturated heterocycles. The van der Waals surface area contributed by atoms with E-state index in [1.165, 1.54) is 15.8 Å². The van der Waals surface area contributed by atoms with Crippen LogP contribution < -0.4 is 0 Å². The third-order valence-electron chi connectivity index (χ3n) is 5.29. The second kappa shape index (κ2) is 7.73. The minimum atomic E-state index is -0.228. The average molecular weight is 387 g/mol. The number of fused-ring (bicyclic) bond motifs is 1. The van der Waals surface area contributed by atoms with Crippen LogP contribution in [-0.2, 0) is 11.2 Å². The standard InChI is InChI=1S/C20H26N4O2S/c1-4-16-21-20-24(22-16)19(25)18(27-20)17(23-9-11-26-12-10-23)15-7-5-14(6-8-15)13(2)3/h5-8,13,17-18H,4,9-12H2,1-3H3. The van der Waals surface area contributed by atoms with E-state index in [-0.39, 0.29) is 17.2 Å². The first-order valence-electron chi connectivity index (χ1n) is 9.67. The fourth-order valence-corrected chi connectivity index (χ4v) is 4.98. The maximum absolute atomic E-state index is 13.1. The highest BCUT2D eigenvalue weighted by Gasteiger charge is 2.43. The molecule has 144 valence electrons. The van der Waals surface area contributed by atoms with Crippen molar-refractivity contribution in [2.75, 3.05) is 26.3 Å². The minimum Gasteiger partial charge on any atom is -0.379 e. The van der Waals surface area contributed by atoms with Crippen molar-refractivity contribution in [2.45, 2.75) is 49.6 Å². The normalized spacial score (nSPS) is 21.6. The summed E-state index contributed by atoms with van der Waals surface area (Å²) in [6, 6.07) is 8.72. The van der Waals surface area contributed by atoms with E-state index in [0.717, 1.165) is 30.5 Å². The number of morpholine rings is 1. The van der Waals surface area contributed by atoms with Gasteiger partial charge in [0.05, 0.1) is 19.3 Å². The molecule has 1 aromatic heterocycles. The summed E-state index contributed by atoms with van der Waals surface area (Å²) in [6.07, 6.45) is 0.738. The van der Waals surface area contributed by atoms with Crippen LogP contribution in [0.2, 0.25) is 0 Å². The Labute approximate surface area is 164 Å². The van der Waals surface area contributed by atoms with Crippen LogP contribution in [0.3, 0.4) is 0 Å². The van der Waals surface area contributed by atoms with Gasteiger partial charge >= 0.3 is 0 Å². The van der Waals surface area contributed by atoms with Gasteiger partial charge in [-0.1, -0.05) is 56.8 Å². The maximum Gasteiger partial charge on any atom is 0.264 e. The summed E-state index contributed by atoms with van der Waals surface area (Å²) in [5, 5.41) is 4.88. The molecule has 4 rings (SSSR count). The fourth-order valence-electron chi connectivity index (χ4n) is 3.70. The molecule has 2 aliphatic rings. The van der Waals surface area contributed by atoms with E-state index >= 15 is 0 Å². The monoisotopic (exact) mass is 386 g/mol. The van der Waals surface area contributed by atoms with Gasteiger partial charge in [-0.25, -0.2) is 4.98 Å². The number of rotatable bonds is 5. The zero-order chi connectivity index (χ0) is 19.0. The molecular formula is C20H26N4O2S. The van der Waals surface area contributed by atoms with Crippen LogP contribution in [-0.4, -0.2) is 57.1 Å². The molecule has 0 saturated carbocycles. The lowest BCUT2D eigenvalue weighted by atomic mass is 9.96. The molecule has 0 radical (unpaired) electrons. The van der Waals surface area contributed by atoms with Gasteiger partial charge in [-0.05, 0) is 17.0 Å². The van der Waals surface area contributed by atoms with E-state index in [0.29, 0.717) is 19.1 Å².